The van der Waals surface area contributed by atoms with Crippen LogP contribution in [0.1, 0.15) is 20.7 Å². The summed E-state index contributed by atoms with van der Waals surface area (Å²) in [4.78, 5) is 43.6. The molecule has 5 aromatic rings. The van der Waals surface area contributed by atoms with Crippen molar-refractivity contribution in [2.45, 2.75) is 4.90 Å². The van der Waals surface area contributed by atoms with Gasteiger partial charge in [-0.15, -0.1) is 0 Å². The maximum absolute atomic E-state index is 12.7. The molecule has 2 aromatic heterocycles. The molecule has 0 atom stereocenters. The number of hydrogen-bond acceptors (Lipinski definition) is 7. The zero-order chi connectivity index (χ0) is 27.6. The van der Waals surface area contributed by atoms with E-state index in [9.17, 15) is 32.9 Å². The lowest BCUT2D eigenvalue weighted by Crippen LogP contribution is -2.17. The molecule has 0 saturated carbocycles. The summed E-state index contributed by atoms with van der Waals surface area (Å²) in [6.07, 6.45) is 3.17. The average molecular weight is 534 g/mol. The summed E-state index contributed by atoms with van der Waals surface area (Å²) in [6, 6.07) is 18.1. The molecule has 11 nitrogen and oxygen atoms in total. The number of aromatic nitrogens is 2. The van der Waals surface area contributed by atoms with Crippen LogP contribution in [0, 0.1) is 10.1 Å². The van der Waals surface area contributed by atoms with Crippen LogP contribution in [0.2, 0.25) is 0 Å². The number of carbonyl (C=O) groups is 2. The number of fused-ring (bicyclic) bond motifs is 2. The molecule has 0 unspecified atom stereocenters. The van der Waals surface area contributed by atoms with Gasteiger partial charge in [-0.05, 0) is 30.3 Å². The molecule has 0 fully saturated rings. The van der Waals surface area contributed by atoms with Crippen LogP contribution in [0.4, 0.5) is 5.69 Å². The van der Waals surface area contributed by atoms with Crippen molar-refractivity contribution in [2.75, 3.05) is 0 Å². The fraction of sp³-hybridized carbons (Fsp3) is 0.0385. The van der Waals surface area contributed by atoms with Crippen molar-refractivity contribution in [1.29, 1.82) is 0 Å². The molecule has 38 heavy (non-hydrogen) atoms. The van der Waals surface area contributed by atoms with Crippen LogP contribution < -0.4 is 5.43 Å². The molecule has 2 heterocycles. The monoisotopic (exact) mass is 533 g/mol. The number of nitrogens with zero attached hydrogens (tertiary/aromatic N) is 3. The molecule has 0 radical (unpaired) electrons. The van der Waals surface area contributed by atoms with E-state index in [1.54, 1.807) is 54.1 Å². The minimum Gasteiger partial charge on any atom is -0.477 e. The summed E-state index contributed by atoms with van der Waals surface area (Å²) in [5.41, 5.74) is 0.522. The Bertz CT molecular complexity index is 1890. The van der Waals surface area contributed by atoms with E-state index in [1.165, 1.54) is 24.5 Å². The van der Waals surface area contributed by atoms with Crippen LogP contribution in [0.25, 0.3) is 21.8 Å². The highest BCUT2D eigenvalue weighted by molar-refractivity contribution is 7.90. The molecule has 0 aliphatic heterocycles. The van der Waals surface area contributed by atoms with E-state index in [0.29, 0.717) is 22.6 Å². The number of nitro groups is 1. The van der Waals surface area contributed by atoms with Crippen molar-refractivity contribution in [2.24, 2.45) is 7.05 Å². The minimum absolute atomic E-state index is 0.0960. The molecule has 3 aromatic carbocycles. The van der Waals surface area contributed by atoms with Gasteiger partial charge in [0.1, 0.15) is 5.56 Å². The maximum atomic E-state index is 12.7. The van der Waals surface area contributed by atoms with Gasteiger partial charge in [-0.1, -0.05) is 30.3 Å². The third-order valence-electron chi connectivity index (χ3n) is 5.77. The summed E-state index contributed by atoms with van der Waals surface area (Å²) in [7, 11) is -2.25. The number of carboxylic acid groups (broad SMARTS) is 1. The molecule has 0 bridgehead atoms. The first-order valence-electron chi connectivity index (χ1n) is 10.9. The fourth-order valence-corrected chi connectivity index (χ4v) is 5.29. The first kappa shape index (κ1) is 26.0. The Morgan fingerprint density at radius 1 is 0.921 bits per heavy atom. The van der Waals surface area contributed by atoms with Gasteiger partial charge in [0.05, 0.1) is 20.9 Å². The lowest BCUT2D eigenvalue weighted by molar-refractivity contribution is -0.384. The number of aryl methyl sites for hydroxylation is 1. The van der Waals surface area contributed by atoms with Crippen molar-refractivity contribution in [3.63, 3.8) is 0 Å². The van der Waals surface area contributed by atoms with E-state index in [2.05, 4.69) is 0 Å². The fourth-order valence-electron chi connectivity index (χ4n) is 3.91. The second kappa shape index (κ2) is 10.1. The summed E-state index contributed by atoms with van der Waals surface area (Å²) in [5.74, 6) is -1.19. The predicted molar refractivity (Wildman–Crippen MR) is 139 cm³/mol. The molecule has 0 amide bonds. The van der Waals surface area contributed by atoms with Crippen LogP contribution >= 0.6 is 0 Å². The molecule has 1 N–H and O–H groups in total. The highest BCUT2D eigenvalue weighted by atomic mass is 32.2. The van der Waals surface area contributed by atoms with E-state index in [-0.39, 0.29) is 21.7 Å². The average Bonchev–Trinajstić information content (AvgIpc) is 3.31. The van der Waals surface area contributed by atoms with Gasteiger partial charge in [-0.2, -0.15) is 0 Å². The van der Waals surface area contributed by atoms with Gasteiger partial charge in [-0.3, -0.25) is 19.7 Å². The van der Waals surface area contributed by atoms with Crippen LogP contribution in [0.3, 0.4) is 0 Å². The molecule has 192 valence electrons. The standard InChI is InChI=1S/C15H10N2O5S.C11H9NO3/c18-10-11-9-16(15-4-2-1-3-14(11)15)23(21,22)13-7-5-12(6-8-13)17(19)20;1-12-6-8(11(14)15)10(13)7-4-2-3-5-9(7)12/h1-10H;2-6H,1H3,(H,14,15). The Hall–Kier alpha value is -5.10. The van der Waals surface area contributed by atoms with E-state index >= 15 is 0 Å². The summed E-state index contributed by atoms with van der Waals surface area (Å²) in [6.45, 7) is 0. The van der Waals surface area contributed by atoms with Gasteiger partial charge in [0.15, 0.2) is 6.29 Å². The van der Waals surface area contributed by atoms with Crippen LogP contribution in [0.15, 0.2) is 94.9 Å². The number of carbonyl (C=O) groups excluding carboxylic acids is 1. The van der Waals surface area contributed by atoms with Crippen molar-refractivity contribution in [3.8, 4) is 0 Å². The number of aldehydes is 1. The lowest BCUT2D eigenvalue weighted by atomic mass is 10.1. The quantitative estimate of drug-likeness (QED) is 0.203. The molecular weight excluding hydrogens is 514 g/mol. The van der Waals surface area contributed by atoms with Gasteiger partial charge in [0.2, 0.25) is 5.43 Å². The van der Waals surface area contributed by atoms with E-state index in [1.807, 2.05) is 6.07 Å². The largest absolute Gasteiger partial charge is 0.477 e. The van der Waals surface area contributed by atoms with Gasteiger partial charge in [0, 0.05) is 47.9 Å². The number of non-ortho nitro benzene ring substituents is 1. The van der Waals surface area contributed by atoms with Gasteiger partial charge < -0.3 is 9.67 Å². The molecule has 0 spiro atoms. The highest BCUT2D eigenvalue weighted by Crippen LogP contribution is 2.26. The first-order valence-corrected chi connectivity index (χ1v) is 12.4. The predicted octanol–water partition coefficient (Wildman–Crippen LogP) is 3.84. The zero-order valence-corrected chi connectivity index (χ0v) is 20.5. The number of benzene rings is 3. The molecule has 5 rings (SSSR count). The normalized spacial score (nSPS) is 11.1. The Morgan fingerprint density at radius 3 is 2.08 bits per heavy atom. The number of nitro benzene ring substituents is 1. The van der Waals surface area contributed by atoms with Crippen molar-refractivity contribution < 1.29 is 28.0 Å². The number of pyridine rings is 1. The molecule has 0 saturated heterocycles. The number of carboxylic acids is 1. The summed E-state index contributed by atoms with van der Waals surface area (Å²) in [5, 5.41) is 20.4. The highest BCUT2D eigenvalue weighted by Gasteiger charge is 2.22. The Balaban J connectivity index is 0.000000194. The zero-order valence-electron chi connectivity index (χ0n) is 19.7. The summed E-state index contributed by atoms with van der Waals surface area (Å²) < 4.78 is 28.1. The van der Waals surface area contributed by atoms with Crippen molar-refractivity contribution in [3.05, 3.63) is 117 Å². The van der Waals surface area contributed by atoms with Gasteiger partial charge in [-0.25, -0.2) is 17.2 Å². The smallest absolute Gasteiger partial charge is 0.341 e. The molecule has 0 aliphatic rings. The van der Waals surface area contributed by atoms with Gasteiger partial charge >= 0.3 is 5.97 Å². The topological polar surface area (TPSA) is 159 Å². The van der Waals surface area contributed by atoms with Crippen molar-refractivity contribution >= 4 is 49.8 Å². The Labute approximate surface area is 215 Å². The Kier molecular flexibility index (Phi) is 6.91. The number of para-hydroxylation sites is 2. The van der Waals surface area contributed by atoms with E-state index in [4.69, 9.17) is 5.11 Å². The van der Waals surface area contributed by atoms with Gasteiger partial charge in [0.25, 0.3) is 15.7 Å². The maximum Gasteiger partial charge on any atom is 0.341 e. The van der Waals surface area contributed by atoms with Crippen LogP contribution in [-0.4, -0.2) is 39.2 Å². The number of aromatic carboxylic acids is 1. The second-order valence-electron chi connectivity index (χ2n) is 8.08. The molecule has 0 aliphatic carbocycles. The third-order valence-corrected chi connectivity index (χ3v) is 7.45. The third kappa shape index (κ3) is 4.67. The van der Waals surface area contributed by atoms with Crippen LogP contribution in [0.5, 0.6) is 0 Å². The Morgan fingerprint density at radius 2 is 1.50 bits per heavy atom. The van der Waals surface area contributed by atoms with E-state index < -0.39 is 26.3 Å². The number of hydrogen-bond donors (Lipinski definition) is 1. The van der Waals surface area contributed by atoms with Crippen molar-refractivity contribution in [1.82, 2.24) is 8.54 Å². The molecule has 12 heteroatoms. The van der Waals surface area contributed by atoms with E-state index in [0.717, 1.165) is 21.6 Å². The molecular formula is C26H19N3O8S. The SMILES string of the molecule is Cn1cc(C(=O)O)c(=O)c2ccccc21.O=Cc1cn(S(=O)(=O)c2ccc([N+](=O)[O-])cc2)c2ccccc12. The summed E-state index contributed by atoms with van der Waals surface area (Å²) >= 11 is 0. The lowest BCUT2D eigenvalue weighted by Gasteiger charge is -2.07. The first-order chi connectivity index (χ1) is 18.1. The van der Waals surface area contributed by atoms with Crippen LogP contribution in [-0.2, 0) is 17.1 Å². The minimum atomic E-state index is -3.96. The second-order valence-corrected chi connectivity index (χ2v) is 9.89. The number of rotatable bonds is 5.